The van der Waals surface area contributed by atoms with Gasteiger partial charge in [0, 0.05) is 50.9 Å². The number of benzene rings is 1. The molecule has 3 amide bonds. The number of piperazine rings is 1. The van der Waals surface area contributed by atoms with Crippen molar-refractivity contribution >= 4 is 39.9 Å². The summed E-state index contributed by atoms with van der Waals surface area (Å²) in [5, 5.41) is 4.85. The average molecular weight is 542 g/mol. The Morgan fingerprint density at radius 2 is 1.87 bits per heavy atom. The number of nitrogens with one attached hydrogen (secondary N) is 1. The monoisotopic (exact) mass is 541 g/mol. The second kappa shape index (κ2) is 13.1. The van der Waals surface area contributed by atoms with Gasteiger partial charge in [0.15, 0.2) is 10.9 Å². The van der Waals surface area contributed by atoms with Crippen molar-refractivity contribution in [2.75, 3.05) is 70.3 Å². The molecule has 1 aromatic carbocycles. The third-order valence-corrected chi connectivity index (χ3v) is 6.93. The van der Waals surface area contributed by atoms with Crippen LogP contribution < -0.4 is 15.0 Å². The molecule has 0 bridgehead atoms. The Labute approximate surface area is 224 Å². The molecule has 0 atom stereocenters. The van der Waals surface area contributed by atoms with Crippen LogP contribution >= 0.6 is 11.3 Å². The number of amides is 3. The van der Waals surface area contributed by atoms with Crippen molar-refractivity contribution in [1.82, 2.24) is 14.8 Å². The van der Waals surface area contributed by atoms with Crippen LogP contribution in [0.5, 0.6) is 5.75 Å². The number of nitrogens with zero attached hydrogens (tertiary/aromatic N) is 4. The van der Waals surface area contributed by atoms with Gasteiger partial charge < -0.3 is 33.9 Å². The minimum Gasteiger partial charge on any atom is -0.497 e. The van der Waals surface area contributed by atoms with Gasteiger partial charge in [-0.3, -0.25) is 14.4 Å². The van der Waals surface area contributed by atoms with Crippen molar-refractivity contribution in [2.24, 2.45) is 0 Å². The lowest BCUT2D eigenvalue weighted by atomic mass is 10.2. The fourth-order valence-electron chi connectivity index (χ4n) is 4.06. The van der Waals surface area contributed by atoms with E-state index in [9.17, 15) is 14.4 Å². The highest BCUT2D eigenvalue weighted by molar-refractivity contribution is 7.13. The summed E-state index contributed by atoms with van der Waals surface area (Å²) in [6, 6.07) is 11.1. The molecular weight excluding hydrogens is 510 g/mol. The first-order valence-electron chi connectivity index (χ1n) is 12.2. The van der Waals surface area contributed by atoms with Crippen LogP contribution in [0.3, 0.4) is 0 Å². The molecule has 4 rings (SSSR count). The Morgan fingerprint density at radius 3 is 2.53 bits per heavy atom. The molecule has 1 N–H and O–H groups in total. The molecule has 1 aliphatic rings. The van der Waals surface area contributed by atoms with E-state index < -0.39 is 11.8 Å². The minimum absolute atomic E-state index is 0.00246. The summed E-state index contributed by atoms with van der Waals surface area (Å²) in [7, 11) is 3.16. The first-order chi connectivity index (χ1) is 18.5. The van der Waals surface area contributed by atoms with E-state index in [0.717, 1.165) is 24.5 Å². The van der Waals surface area contributed by atoms with Crippen LogP contribution in [0, 0.1) is 0 Å². The van der Waals surface area contributed by atoms with Crippen molar-refractivity contribution in [2.45, 2.75) is 6.42 Å². The maximum Gasteiger partial charge on any atom is 0.290 e. The van der Waals surface area contributed by atoms with Gasteiger partial charge in [-0.25, -0.2) is 4.98 Å². The maximum absolute atomic E-state index is 12.9. The highest BCUT2D eigenvalue weighted by Crippen LogP contribution is 2.21. The molecule has 38 heavy (non-hydrogen) atoms. The number of hydrogen-bond donors (Lipinski definition) is 1. The lowest BCUT2D eigenvalue weighted by Gasteiger charge is -2.36. The molecule has 3 heterocycles. The Hall–Kier alpha value is -3.90. The summed E-state index contributed by atoms with van der Waals surface area (Å²) >= 11 is 1.24. The molecule has 3 aromatic rings. The molecule has 0 saturated carbocycles. The van der Waals surface area contributed by atoms with Crippen molar-refractivity contribution in [1.29, 1.82) is 0 Å². The predicted molar refractivity (Wildman–Crippen MR) is 143 cm³/mol. The SMILES string of the molecule is COCCN(CC(=O)Nc1nc(CC(=O)N2CCN(c3ccc(OC)cc3)CC2)cs1)C(=O)c1ccco1. The number of furan rings is 1. The predicted octanol–water partition coefficient (Wildman–Crippen LogP) is 2.36. The molecule has 202 valence electrons. The number of methoxy groups -OCH3 is 2. The smallest absolute Gasteiger partial charge is 0.290 e. The number of aromatic nitrogens is 1. The van der Waals surface area contributed by atoms with E-state index >= 15 is 0 Å². The second-order valence-corrected chi connectivity index (χ2v) is 9.49. The van der Waals surface area contributed by atoms with E-state index in [1.54, 1.807) is 24.6 Å². The molecule has 0 unspecified atom stereocenters. The zero-order valence-corrected chi connectivity index (χ0v) is 22.2. The van der Waals surface area contributed by atoms with E-state index in [-0.39, 0.29) is 37.8 Å². The maximum atomic E-state index is 12.9. The lowest BCUT2D eigenvalue weighted by Crippen LogP contribution is -2.49. The molecule has 0 aliphatic carbocycles. The minimum atomic E-state index is -0.403. The first-order valence-corrected chi connectivity index (χ1v) is 13.1. The van der Waals surface area contributed by atoms with Gasteiger partial charge in [-0.2, -0.15) is 0 Å². The highest BCUT2D eigenvalue weighted by atomic mass is 32.1. The normalized spacial score (nSPS) is 13.3. The number of anilines is 2. The summed E-state index contributed by atoms with van der Waals surface area (Å²) < 4.78 is 15.4. The Kier molecular flexibility index (Phi) is 9.33. The van der Waals surface area contributed by atoms with Crippen molar-refractivity contribution in [3.8, 4) is 5.75 Å². The van der Waals surface area contributed by atoms with Crippen molar-refractivity contribution in [3.63, 3.8) is 0 Å². The summed E-state index contributed by atoms with van der Waals surface area (Å²) in [6.45, 7) is 3.05. The molecular formula is C26H31N5O6S. The Morgan fingerprint density at radius 1 is 1.11 bits per heavy atom. The highest BCUT2D eigenvalue weighted by Gasteiger charge is 2.24. The van der Waals surface area contributed by atoms with E-state index in [4.69, 9.17) is 13.9 Å². The molecule has 11 nitrogen and oxygen atoms in total. The van der Waals surface area contributed by atoms with Crippen molar-refractivity contribution < 1.29 is 28.3 Å². The average Bonchev–Trinajstić information content (AvgIpc) is 3.63. The van der Waals surface area contributed by atoms with Crippen LogP contribution in [0.2, 0.25) is 0 Å². The van der Waals surface area contributed by atoms with Crippen LogP contribution in [0.4, 0.5) is 10.8 Å². The molecule has 1 saturated heterocycles. The molecule has 0 radical (unpaired) electrons. The third-order valence-electron chi connectivity index (χ3n) is 6.12. The Balaban J connectivity index is 1.25. The van der Waals surface area contributed by atoms with Crippen LogP contribution in [0.1, 0.15) is 16.2 Å². The second-order valence-electron chi connectivity index (χ2n) is 8.63. The van der Waals surface area contributed by atoms with Gasteiger partial charge in [-0.15, -0.1) is 11.3 Å². The lowest BCUT2D eigenvalue weighted by molar-refractivity contribution is -0.130. The molecule has 1 fully saturated rings. The number of carbonyl (C=O) groups is 3. The number of thiazole rings is 1. The molecule has 2 aromatic heterocycles. The van der Waals surface area contributed by atoms with Gasteiger partial charge in [0.2, 0.25) is 11.8 Å². The fraction of sp³-hybridized carbons (Fsp3) is 0.385. The van der Waals surface area contributed by atoms with Crippen molar-refractivity contribution in [3.05, 3.63) is 59.5 Å². The summed E-state index contributed by atoms with van der Waals surface area (Å²) in [6.07, 6.45) is 1.56. The molecule has 1 aliphatic heterocycles. The number of ether oxygens (including phenoxy) is 2. The standard InChI is InChI=1S/C26H31N5O6S/c1-35-15-13-31(25(34)22-4-3-14-37-22)17-23(32)28-26-27-19(18-38-26)16-24(33)30-11-9-29(10-12-30)20-5-7-21(36-2)8-6-20/h3-8,14,18H,9-13,15-17H2,1-2H3,(H,27,28,32). The van der Waals surface area contributed by atoms with E-state index in [0.29, 0.717) is 23.9 Å². The molecule has 12 heteroatoms. The first kappa shape index (κ1) is 27.1. The summed E-state index contributed by atoms with van der Waals surface area (Å²) in [5.74, 6) is 0.154. The zero-order chi connectivity index (χ0) is 26.9. The topological polar surface area (TPSA) is 117 Å². The number of carbonyl (C=O) groups excluding carboxylic acids is 3. The summed E-state index contributed by atoms with van der Waals surface area (Å²) in [4.78, 5) is 48.0. The van der Waals surface area contributed by atoms with Gasteiger partial charge in [-0.1, -0.05) is 0 Å². The number of rotatable bonds is 11. The zero-order valence-electron chi connectivity index (χ0n) is 21.4. The van der Waals surface area contributed by atoms with Gasteiger partial charge >= 0.3 is 0 Å². The van der Waals surface area contributed by atoms with E-state index in [1.807, 2.05) is 29.2 Å². The summed E-state index contributed by atoms with van der Waals surface area (Å²) in [5.41, 5.74) is 1.69. The van der Waals surface area contributed by atoms with E-state index in [2.05, 4.69) is 15.2 Å². The van der Waals surface area contributed by atoms with Gasteiger partial charge in [0.25, 0.3) is 5.91 Å². The quantitative estimate of drug-likeness (QED) is 0.393. The van der Waals surface area contributed by atoms with Gasteiger partial charge in [0.05, 0.1) is 32.1 Å². The van der Waals surface area contributed by atoms with Crippen LogP contribution in [0.25, 0.3) is 0 Å². The largest absolute Gasteiger partial charge is 0.497 e. The molecule has 0 spiro atoms. The van der Waals surface area contributed by atoms with Gasteiger partial charge in [-0.05, 0) is 36.4 Å². The van der Waals surface area contributed by atoms with Crippen LogP contribution in [-0.2, 0) is 20.7 Å². The third kappa shape index (κ3) is 7.11. The van der Waals surface area contributed by atoms with Crippen LogP contribution in [0.15, 0.2) is 52.5 Å². The van der Waals surface area contributed by atoms with E-state index in [1.165, 1.54) is 29.6 Å². The van der Waals surface area contributed by atoms with Crippen LogP contribution in [-0.4, -0.2) is 92.6 Å². The Bertz CT molecular complexity index is 1210. The number of hydrogen-bond acceptors (Lipinski definition) is 9. The fourth-order valence-corrected chi connectivity index (χ4v) is 4.79. The van der Waals surface area contributed by atoms with Gasteiger partial charge in [0.1, 0.15) is 12.3 Å².